The van der Waals surface area contributed by atoms with Crippen LogP contribution >= 0.6 is 95.0 Å². The van der Waals surface area contributed by atoms with E-state index in [0.29, 0.717) is 0 Å². The highest BCUT2D eigenvalue weighted by Gasteiger charge is 2.21. The molecule has 0 radical (unpaired) electrons. The standard InChI is InChI=1S/C48H29NO2S.C30H19NO2.C18H13NO.C12H7BrO.3CH3I/c1-4-16-43-37(11-1)39-26-24-35(29-45(39)50-43)49(33-22-19-30(20-23-33)31-21-25-41-40-13-3-6-18-46(40)52-47(41)28-31)34-10-7-9-32(27-34)36-14-8-15-42-38-12-2-5-17-44(38)51-48(36)42;1-3-13-27-23(9-1)25-16-15-21(18-29(25)32-27)31-20-8-5-7-19(17-20)22-11-6-12-26-24-10-2-4-14-28(24)33-30(22)26;19-13-6-3-5-12(11-13)14-8-4-9-16-15-7-1-2-10-17(15)20-18(14)16;13-8-5-6-10-9-3-1-2-4-11(9)14-12(10)7-8;3*1-2/h1-29H;1-18,31H;1-11H,19H2;1-7H;3*1H3. The highest BCUT2D eigenvalue weighted by Crippen LogP contribution is 2.46. The van der Waals surface area contributed by atoms with Crippen LogP contribution in [0.3, 0.4) is 0 Å². The van der Waals surface area contributed by atoms with Gasteiger partial charge in [0, 0.05) is 152 Å². The number of fused-ring (bicyclic) bond motifs is 21. The van der Waals surface area contributed by atoms with Gasteiger partial charge in [-0.25, -0.2) is 0 Å². The van der Waals surface area contributed by atoms with E-state index in [0.717, 1.165) is 193 Å². The zero-order valence-corrected chi connectivity index (χ0v) is 76.8. The van der Waals surface area contributed by atoms with E-state index >= 15 is 0 Å². The minimum Gasteiger partial charge on any atom is -0.456 e. The van der Waals surface area contributed by atoms with Crippen molar-refractivity contribution in [2.24, 2.45) is 0 Å². The van der Waals surface area contributed by atoms with Crippen LogP contribution in [0.4, 0.5) is 34.1 Å². The second kappa shape index (κ2) is 36.5. The van der Waals surface area contributed by atoms with Crippen LogP contribution < -0.4 is 16.0 Å². The van der Waals surface area contributed by atoms with E-state index in [-0.39, 0.29) is 0 Å². The molecule has 9 nitrogen and oxygen atoms in total. The van der Waals surface area contributed by atoms with Crippen LogP contribution in [0.5, 0.6) is 0 Å². The lowest BCUT2D eigenvalue weighted by molar-refractivity contribution is 0.668. The smallest absolute Gasteiger partial charge is 0.143 e. The average molecular weight is 2040 g/mol. The highest BCUT2D eigenvalue weighted by molar-refractivity contribution is 14.1. The van der Waals surface area contributed by atoms with Crippen molar-refractivity contribution in [1.82, 2.24) is 0 Å². The van der Waals surface area contributed by atoms with E-state index in [1.54, 1.807) is 0 Å². The summed E-state index contributed by atoms with van der Waals surface area (Å²) in [5.41, 5.74) is 31.5. The van der Waals surface area contributed by atoms with Crippen molar-refractivity contribution >= 4 is 281 Å². The molecule has 3 N–H and O–H groups in total. The molecule has 25 aromatic rings. The molecule has 14 heteroatoms. The number of rotatable bonds is 9. The number of nitrogens with one attached hydrogen (secondary N) is 1. The van der Waals surface area contributed by atoms with Crippen LogP contribution in [-0.4, -0.2) is 14.8 Å². The van der Waals surface area contributed by atoms with Crippen molar-refractivity contribution in [3.8, 4) is 44.5 Å². The summed E-state index contributed by atoms with van der Waals surface area (Å²) in [5, 5.41) is 19.8. The number of furan rings is 6. The number of halogens is 4. The first-order valence-corrected chi connectivity index (χ1v) is 48.7. The second-order valence-corrected chi connectivity index (χ2v) is 31.7. The lowest BCUT2D eigenvalue weighted by atomic mass is 10.0. The molecule has 0 atom stereocenters. The molecule has 0 unspecified atom stereocenters. The van der Waals surface area contributed by atoms with Crippen LogP contribution in [0.1, 0.15) is 0 Å². The van der Waals surface area contributed by atoms with Crippen LogP contribution in [-0.2, 0) is 0 Å². The molecule has 0 saturated heterocycles. The lowest BCUT2D eigenvalue weighted by Gasteiger charge is -2.26. The van der Waals surface area contributed by atoms with Gasteiger partial charge in [0.1, 0.15) is 67.0 Å². The number of nitrogen functional groups attached to an aromatic ring is 1. The van der Waals surface area contributed by atoms with Crippen LogP contribution in [0.25, 0.3) is 196 Å². The summed E-state index contributed by atoms with van der Waals surface area (Å²) in [5.74, 6) is 0. The number of thiophene rings is 1. The van der Waals surface area contributed by atoms with Crippen LogP contribution in [0.15, 0.2) is 425 Å². The van der Waals surface area contributed by atoms with E-state index in [9.17, 15) is 0 Å². The Balaban J connectivity index is 0.000000119. The first kappa shape index (κ1) is 81.7. The molecule has 18 aromatic carbocycles. The predicted molar refractivity (Wildman–Crippen MR) is 560 cm³/mol. The maximum atomic E-state index is 6.46. The summed E-state index contributed by atoms with van der Waals surface area (Å²) in [6, 6.07) is 136. The van der Waals surface area contributed by atoms with Gasteiger partial charge in [-0.2, -0.15) is 0 Å². The Kier molecular flexibility index (Phi) is 23.8. The lowest BCUT2D eigenvalue weighted by Crippen LogP contribution is -2.10. The quantitative estimate of drug-likeness (QED) is 0.0827. The van der Waals surface area contributed by atoms with Gasteiger partial charge in [-0.05, 0) is 182 Å². The predicted octanol–water partition coefficient (Wildman–Crippen LogP) is 35.9. The zero-order valence-electron chi connectivity index (χ0n) is 67.9. The third-order valence-electron chi connectivity index (χ3n) is 22.5. The molecule has 0 aliphatic heterocycles. The van der Waals surface area contributed by atoms with E-state index in [4.69, 9.17) is 32.2 Å². The molecule has 7 heterocycles. The SMILES string of the molecule is Brc1ccc2c(c1)oc1ccccc12.CI.CI.CI.Nc1cccc(-c2cccc3c2oc2ccccc23)c1.c1cc(-c2cccc3c2oc2ccccc23)cc(N(c2ccc(-c3ccc4c(c3)sc3ccccc34)cc2)c2ccc3c(c2)oc2ccccc23)c1.c1cc(Nc2ccc3c(c2)oc2ccccc23)cc(-c2cccc3c2oc2ccccc23)c1. The highest BCUT2D eigenvalue weighted by atomic mass is 127. The minimum absolute atomic E-state index is 0.760. The Morgan fingerprint density at radius 1 is 0.240 bits per heavy atom. The largest absolute Gasteiger partial charge is 0.456 e. The molecule has 606 valence electrons. The summed E-state index contributed by atoms with van der Waals surface area (Å²) in [7, 11) is 0. The first-order chi connectivity index (χ1) is 61.7. The third-order valence-corrected chi connectivity index (χ3v) is 24.1. The van der Waals surface area contributed by atoms with Gasteiger partial charge in [0.05, 0.1) is 0 Å². The number of anilines is 6. The fourth-order valence-electron chi connectivity index (χ4n) is 16.9. The Bertz CT molecular complexity index is 8260. The fraction of sp³-hybridized carbons (Fsp3) is 0.0270. The molecule has 0 saturated carbocycles. The number of nitrogens with zero attached hydrogens (tertiary/aromatic N) is 1. The topological polar surface area (TPSA) is 120 Å². The van der Waals surface area contributed by atoms with Gasteiger partial charge in [-0.1, -0.05) is 326 Å². The van der Waals surface area contributed by atoms with Gasteiger partial charge in [0.15, 0.2) is 0 Å². The van der Waals surface area contributed by atoms with Crippen molar-refractivity contribution in [2.45, 2.75) is 0 Å². The molecular formula is C111H77BrI3N3O6S. The van der Waals surface area contributed by atoms with Gasteiger partial charge in [-0.15, -0.1) is 11.3 Å². The molecule has 0 bridgehead atoms. The Hall–Kier alpha value is -13.0. The molecule has 0 fully saturated rings. The second-order valence-electron chi connectivity index (χ2n) is 29.7. The molecule has 25 rings (SSSR count). The molecule has 0 amide bonds. The Morgan fingerprint density at radius 3 is 1.11 bits per heavy atom. The monoisotopic (exact) mass is 2040 g/mol. The maximum absolute atomic E-state index is 6.46. The third kappa shape index (κ3) is 16.1. The van der Waals surface area contributed by atoms with Crippen molar-refractivity contribution < 1.29 is 26.5 Å². The van der Waals surface area contributed by atoms with Crippen LogP contribution in [0, 0.1) is 0 Å². The molecular weight excluding hydrogens is 1960 g/mol. The van der Waals surface area contributed by atoms with Gasteiger partial charge < -0.3 is 42.5 Å². The summed E-state index contributed by atoms with van der Waals surface area (Å²) in [4.78, 5) is 8.22. The average Bonchev–Trinajstić information content (AvgIpc) is 1.68. The van der Waals surface area contributed by atoms with Gasteiger partial charge in [0.2, 0.25) is 0 Å². The summed E-state index contributed by atoms with van der Waals surface area (Å²) < 4.78 is 40.5. The van der Waals surface area contributed by atoms with E-state index < -0.39 is 0 Å². The summed E-state index contributed by atoms with van der Waals surface area (Å²) in [6.07, 6.45) is 0. The van der Waals surface area contributed by atoms with Gasteiger partial charge in [-0.3, -0.25) is 0 Å². The van der Waals surface area contributed by atoms with Gasteiger partial charge >= 0.3 is 0 Å². The van der Waals surface area contributed by atoms with Gasteiger partial charge in [0.25, 0.3) is 0 Å². The minimum atomic E-state index is 0.760. The number of benzene rings is 18. The van der Waals surface area contributed by atoms with Crippen molar-refractivity contribution in [3.05, 3.63) is 399 Å². The molecule has 0 aliphatic carbocycles. The zero-order chi connectivity index (χ0) is 85.0. The van der Waals surface area contributed by atoms with Crippen molar-refractivity contribution in [2.75, 3.05) is 30.7 Å². The maximum Gasteiger partial charge on any atom is 0.143 e. The number of alkyl halides is 3. The first-order valence-electron chi connectivity index (χ1n) is 40.7. The molecule has 0 aliphatic rings. The van der Waals surface area contributed by atoms with E-state index in [1.165, 1.54) is 42.1 Å². The van der Waals surface area contributed by atoms with E-state index in [1.807, 2.05) is 154 Å². The van der Waals surface area contributed by atoms with Crippen LogP contribution in [0.2, 0.25) is 0 Å². The number of hydrogen-bond donors (Lipinski definition) is 2. The summed E-state index contributed by atoms with van der Waals surface area (Å²) >= 11 is 11.7. The summed E-state index contributed by atoms with van der Waals surface area (Å²) in [6.45, 7) is 0. The Labute approximate surface area is 773 Å². The molecule has 7 aromatic heterocycles. The number of hydrogen-bond acceptors (Lipinski definition) is 10. The number of para-hydroxylation sites is 9. The number of nitrogens with two attached hydrogens (primary N) is 1. The normalized spacial score (nSPS) is 11.2. The molecule has 0 spiro atoms. The van der Waals surface area contributed by atoms with Crippen molar-refractivity contribution in [3.63, 3.8) is 0 Å². The van der Waals surface area contributed by atoms with Crippen molar-refractivity contribution in [1.29, 1.82) is 0 Å². The van der Waals surface area contributed by atoms with E-state index in [2.05, 4.69) is 361 Å². The fourth-order valence-corrected chi connectivity index (χ4v) is 18.4. The Morgan fingerprint density at radius 2 is 0.592 bits per heavy atom. The molecule has 125 heavy (non-hydrogen) atoms.